The van der Waals surface area contributed by atoms with Gasteiger partial charge in [-0.15, -0.1) is 0 Å². The van der Waals surface area contributed by atoms with Gasteiger partial charge in [0, 0.05) is 26.6 Å². The number of carbonyl (C=O) groups excluding carboxylic acids is 2. The molecule has 2 heterocycles. The van der Waals surface area contributed by atoms with E-state index in [1.54, 1.807) is 6.92 Å². The summed E-state index contributed by atoms with van der Waals surface area (Å²) < 4.78 is 2.03. The molecule has 0 radical (unpaired) electrons. The monoisotopic (exact) mass is 370 g/mol. The average Bonchev–Trinajstić information content (AvgIpc) is 3.26. The minimum atomic E-state index is -0.0477. The first kappa shape index (κ1) is 19.4. The maximum absolute atomic E-state index is 13.0. The lowest BCUT2D eigenvalue weighted by Gasteiger charge is -2.25. The summed E-state index contributed by atoms with van der Waals surface area (Å²) >= 11 is 0. The first-order valence-electron chi connectivity index (χ1n) is 10.1. The third kappa shape index (κ3) is 3.99. The molecule has 1 aliphatic rings. The fourth-order valence-corrected chi connectivity index (χ4v) is 4.06. The zero-order valence-corrected chi connectivity index (χ0v) is 16.6. The summed E-state index contributed by atoms with van der Waals surface area (Å²) in [6, 6.07) is 7.87. The van der Waals surface area contributed by atoms with E-state index in [2.05, 4.69) is 13.8 Å². The highest BCUT2D eigenvalue weighted by Gasteiger charge is 2.32. The smallest absolute Gasteiger partial charge is 0.242 e. The summed E-state index contributed by atoms with van der Waals surface area (Å²) in [5.41, 5.74) is 1.84. The average molecular weight is 370 g/mol. The molecule has 1 aromatic heterocycles. The fourth-order valence-electron chi connectivity index (χ4n) is 4.06. The molecule has 0 N–H and O–H groups in total. The SMILES string of the molecule is CCCN(CCC)C(=O)Cn1c(C2CCCN2C(C)=O)nc2ccccc21. The number of hydrogen-bond donors (Lipinski definition) is 0. The Morgan fingerprint density at radius 3 is 2.56 bits per heavy atom. The number of carbonyl (C=O) groups is 2. The van der Waals surface area contributed by atoms with Crippen LogP contribution in [0, 0.1) is 0 Å². The third-order valence-electron chi connectivity index (χ3n) is 5.27. The number of benzene rings is 1. The molecule has 0 bridgehead atoms. The Kier molecular flexibility index (Phi) is 6.14. The van der Waals surface area contributed by atoms with Crippen molar-refractivity contribution in [3.63, 3.8) is 0 Å². The van der Waals surface area contributed by atoms with Crippen LogP contribution in [-0.4, -0.2) is 50.8 Å². The van der Waals surface area contributed by atoms with Gasteiger partial charge in [0.1, 0.15) is 12.4 Å². The van der Waals surface area contributed by atoms with Crippen LogP contribution in [0.1, 0.15) is 58.3 Å². The van der Waals surface area contributed by atoms with Crippen LogP contribution >= 0.6 is 0 Å². The topological polar surface area (TPSA) is 58.4 Å². The van der Waals surface area contributed by atoms with Crippen molar-refractivity contribution in [1.82, 2.24) is 19.4 Å². The fraction of sp³-hybridized carbons (Fsp3) is 0.571. The largest absolute Gasteiger partial charge is 0.341 e. The Labute approximate surface area is 161 Å². The number of amides is 2. The number of likely N-dealkylation sites (tertiary alicyclic amines) is 1. The van der Waals surface area contributed by atoms with Crippen molar-refractivity contribution in [3.05, 3.63) is 30.1 Å². The number of imidazole rings is 1. The maximum Gasteiger partial charge on any atom is 0.242 e. The van der Waals surface area contributed by atoms with E-state index in [-0.39, 0.29) is 24.4 Å². The summed E-state index contributed by atoms with van der Waals surface area (Å²) in [4.78, 5) is 33.7. The summed E-state index contributed by atoms with van der Waals surface area (Å²) in [5, 5.41) is 0. The van der Waals surface area contributed by atoms with E-state index < -0.39 is 0 Å². The van der Waals surface area contributed by atoms with Crippen LogP contribution in [0.15, 0.2) is 24.3 Å². The van der Waals surface area contributed by atoms with Crippen molar-refractivity contribution in [2.75, 3.05) is 19.6 Å². The van der Waals surface area contributed by atoms with Gasteiger partial charge in [0.2, 0.25) is 11.8 Å². The van der Waals surface area contributed by atoms with Crippen LogP contribution in [0.25, 0.3) is 11.0 Å². The van der Waals surface area contributed by atoms with Crippen LogP contribution in [0.2, 0.25) is 0 Å². The van der Waals surface area contributed by atoms with E-state index in [0.717, 1.165) is 62.2 Å². The molecule has 146 valence electrons. The highest BCUT2D eigenvalue weighted by Crippen LogP contribution is 2.33. The lowest BCUT2D eigenvalue weighted by atomic mass is 10.2. The van der Waals surface area contributed by atoms with Gasteiger partial charge in [-0.2, -0.15) is 0 Å². The molecule has 3 rings (SSSR count). The van der Waals surface area contributed by atoms with E-state index in [9.17, 15) is 9.59 Å². The molecule has 0 saturated carbocycles. The number of hydrogen-bond acceptors (Lipinski definition) is 3. The van der Waals surface area contributed by atoms with Crippen molar-refractivity contribution < 1.29 is 9.59 Å². The molecular formula is C21H30N4O2. The number of fused-ring (bicyclic) bond motifs is 1. The zero-order chi connectivity index (χ0) is 19.4. The lowest BCUT2D eigenvalue weighted by molar-refractivity contribution is -0.131. The molecule has 1 fully saturated rings. The van der Waals surface area contributed by atoms with E-state index in [1.165, 1.54) is 0 Å². The van der Waals surface area contributed by atoms with Crippen LogP contribution in [0.4, 0.5) is 0 Å². The van der Waals surface area contributed by atoms with Crippen LogP contribution in [0.5, 0.6) is 0 Å². The quantitative estimate of drug-likeness (QED) is 0.751. The molecule has 1 aliphatic heterocycles. The van der Waals surface area contributed by atoms with Crippen molar-refractivity contribution in [2.24, 2.45) is 0 Å². The molecule has 1 saturated heterocycles. The second-order valence-electron chi connectivity index (χ2n) is 7.30. The van der Waals surface area contributed by atoms with Gasteiger partial charge < -0.3 is 14.4 Å². The van der Waals surface area contributed by atoms with Crippen molar-refractivity contribution in [1.29, 1.82) is 0 Å². The molecular weight excluding hydrogens is 340 g/mol. The second kappa shape index (κ2) is 8.55. The minimum Gasteiger partial charge on any atom is -0.341 e. The maximum atomic E-state index is 13.0. The van der Waals surface area contributed by atoms with Gasteiger partial charge in [0.05, 0.1) is 17.1 Å². The van der Waals surface area contributed by atoms with Crippen molar-refractivity contribution in [2.45, 2.75) is 59.0 Å². The van der Waals surface area contributed by atoms with E-state index in [4.69, 9.17) is 4.98 Å². The summed E-state index contributed by atoms with van der Waals surface area (Å²) in [7, 11) is 0. The number of rotatable bonds is 7. The van der Waals surface area contributed by atoms with Gasteiger partial charge in [-0.3, -0.25) is 9.59 Å². The highest BCUT2D eigenvalue weighted by molar-refractivity contribution is 5.81. The first-order chi connectivity index (χ1) is 13.1. The molecule has 27 heavy (non-hydrogen) atoms. The Balaban J connectivity index is 1.98. The second-order valence-corrected chi connectivity index (χ2v) is 7.30. The van der Waals surface area contributed by atoms with Crippen LogP contribution in [-0.2, 0) is 16.1 Å². The van der Waals surface area contributed by atoms with Crippen molar-refractivity contribution in [3.8, 4) is 0 Å². The van der Waals surface area contributed by atoms with Gasteiger partial charge in [-0.1, -0.05) is 26.0 Å². The highest BCUT2D eigenvalue weighted by atomic mass is 16.2. The Bertz CT molecular complexity index is 808. The Morgan fingerprint density at radius 1 is 1.19 bits per heavy atom. The molecule has 0 aliphatic carbocycles. The van der Waals surface area contributed by atoms with E-state index in [0.29, 0.717) is 0 Å². The summed E-state index contributed by atoms with van der Waals surface area (Å²) in [6.45, 7) is 8.39. The molecule has 1 unspecified atom stereocenters. The van der Waals surface area contributed by atoms with Crippen LogP contribution in [0.3, 0.4) is 0 Å². The van der Waals surface area contributed by atoms with Gasteiger partial charge in [-0.05, 0) is 37.8 Å². The molecule has 0 spiro atoms. The Morgan fingerprint density at radius 2 is 1.89 bits per heavy atom. The minimum absolute atomic E-state index is 0.0477. The molecule has 2 aromatic rings. The van der Waals surface area contributed by atoms with E-state index in [1.807, 2.05) is 38.6 Å². The van der Waals surface area contributed by atoms with E-state index >= 15 is 0 Å². The van der Waals surface area contributed by atoms with Crippen molar-refractivity contribution >= 4 is 22.8 Å². The molecule has 2 amide bonds. The molecule has 1 aromatic carbocycles. The van der Waals surface area contributed by atoms with Crippen LogP contribution < -0.4 is 0 Å². The number of nitrogens with zero attached hydrogens (tertiary/aromatic N) is 4. The van der Waals surface area contributed by atoms with Gasteiger partial charge in [0.15, 0.2) is 0 Å². The molecule has 6 heteroatoms. The first-order valence-corrected chi connectivity index (χ1v) is 10.1. The number of aromatic nitrogens is 2. The standard InChI is InChI=1S/C21H30N4O2/c1-4-12-23(13-5-2)20(27)15-25-18-10-7-6-9-17(18)22-21(25)19-11-8-14-24(19)16(3)26/h6-7,9-10,19H,4-5,8,11-15H2,1-3H3. The normalized spacial score (nSPS) is 16.9. The molecule has 1 atom stereocenters. The van der Waals surface area contributed by atoms with Gasteiger partial charge in [-0.25, -0.2) is 4.98 Å². The zero-order valence-electron chi connectivity index (χ0n) is 16.6. The predicted octanol–water partition coefficient (Wildman–Crippen LogP) is 3.37. The van der Waals surface area contributed by atoms with Gasteiger partial charge >= 0.3 is 0 Å². The predicted molar refractivity (Wildman–Crippen MR) is 106 cm³/mol. The lowest BCUT2D eigenvalue weighted by Crippen LogP contribution is -2.36. The Hall–Kier alpha value is -2.37. The third-order valence-corrected chi connectivity index (χ3v) is 5.27. The summed E-state index contributed by atoms with van der Waals surface area (Å²) in [6.07, 6.45) is 3.76. The summed E-state index contributed by atoms with van der Waals surface area (Å²) in [5.74, 6) is 1.03. The van der Waals surface area contributed by atoms with Gasteiger partial charge in [0.25, 0.3) is 0 Å². The molecule has 6 nitrogen and oxygen atoms in total. The number of para-hydroxylation sites is 2.